The minimum Gasteiger partial charge on any atom is -0.507 e. The summed E-state index contributed by atoms with van der Waals surface area (Å²) in [7, 11) is 0. The molecule has 1 aliphatic rings. The summed E-state index contributed by atoms with van der Waals surface area (Å²) in [6.07, 6.45) is 5.76. The van der Waals surface area contributed by atoms with E-state index in [0.29, 0.717) is 11.7 Å². The molecule has 1 heterocycles. The summed E-state index contributed by atoms with van der Waals surface area (Å²) < 4.78 is 5.21. The summed E-state index contributed by atoms with van der Waals surface area (Å²) in [5.74, 6) is 1.07. The quantitative estimate of drug-likeness (QED) is 0.772. The number of hydrogen-bond acceptors (Lipinski definition) is 3. The molecule has 0 aromatic carbocycles. The zero-order chi connectivity index (χ0) is 10.8. The van der Waals surface area contributed by atoms with Crippen molar-refractivity contribution in [3.05, 3.63) is 27.8 Å². The van der Waals surface area contributed by atoms with E-state index in [1.54, 1.807) is 0 Å². The van der Waals surface area contributed by atoms with E-state index in [1.165, 1.54) is 19.3 Å². The molecule has 1 N–H and O–H groups in total. The highest BCUT2D eigenvalue weighted by Crippen LogP contribution is 2.35. The standard InChI is InChI=1S/C12H16O3/c1-8-10(13)7-11(14)15-12(8)9-5-3-2-4-6-9/h7,9,13H,2-6H2,1H3. The van der Waals surface area contributed by atoms with Gasteiger partial charge in [0.25, 0.3) is 0 Å². The maximum absolute atomic E-state index is 11.2. The predicted octanol–water partition coefficient (Wildman–Crippen LogP) is 2.70. The topological polar surface area (TPSA) is 50.4 Å². The highest BCUT2D eigenvalue weighted by Gasteiger charge is 2.21. The van der Waals surface area contributed by atoms with Crippen LogP contribution in [0.4, 0.5) is 0 Å². The van der Waals surface area contributed by atoms with Crippen LogP contribution in [-0.4, -0.2) is 5.11 Å². The van der Waals surface area contributed by atoms with Gasteiger partial charge in [0, 0.05) is 11.5 Å². The van der Waals surface area contributed by atoms with Crippen LogP contribution in [0, 0.1) is 6.92 Å². The average Bonchev–Trinajstić information content (AvgIpc) is 2.24. The van der Waals surface area contributed by atoms with Crippen LogP contribution in [0.1, 0.15) is 49.3 Å². The van der Waals surface area contributed by atoms with E-state index in [-0.39, 0.29) is 5.75 Å². The molecule has 1 fully saturated rings. The van der Waals surface area contributed by atoms with Crippen LogP contribution in [-0.2, 0) is 0 Å². The zero-order valence-corrected chi connectivity index (χ0v) is 8.95. The van der Waals surface area contributed by atoms with Crippen LogP contribution < -0.4 is 5.63 Å². The van der Waals surface area contributed by atoms with Gasteiger partial charge >= 0.3 is 5.63 Å². The van der Waals surface area contributed by atoms with Gasteiger partial charge in [0.15, 0.2) is 0 Å². The zero-order valence-electron chi connectivity index (χ0n) is 8.95. The SMILES string of the molecule is Cc1c(O)cc(=O)oc1C1CCCCC1. The molecule has 0 aliphatic heterocycles. The van der Waals surface area contributed by atoms with Crippen LogP contribution >= 0.6 is 0 Å². The molecule has 3 heteroatoms. The van der Waals surface area contributed by atoms with E-state index in [4.69, 9.17) is 4.42 Å². The van der Waals surface area contributed by atoms with Crippen molar-refractivity contribution in [2.45, 2.75) is 44.9 Å². The maximum Gasteiger partial charge on any atom is 0.339 e. The molecule has 1 aromatic heterocycles. The van der Waals surface area contributed by atoms with Gasteiger partial charge < -0.3 is 9.52 Å². The fraction of sp³-hybridized carbons (Fsp3) is 0.583. The third-order valence-corrected chi connectivity index (χ3v) is 3.19. The van der Waals surface area contributed by atoms with E-state index in [1.807, 2.05) is 6.92 Å². The Balaban J connectivity index is 2.37. The Labute approximate surface area is 88.7 Å². The smallest absolute Gasteiger partial charge is 0.339 e. The molecule has 1 aliphatic carbocycles. The first kappa shape index (κ1) is 10.3. The van der Waals surface area contributed by atoms with Crippen molar-refractivity contribution in [1.82, 2.24) is 0 Å². The van der Waals surface area contributed by atoms with Crippen LogP contribution in [0.3, 0.4) is 0 Å². The van der Waals surface area contributed by atoms with Crippen molar-refractivity contribution < 1.29 is 9.52 Å². The number of aromatic hydroxyl groups is 1. The molecule has 82 valence electrons. The molecule has 3 nitrogen and oxygen atoms in total. The predicted molar refractivity (Wildman–Crippen MR) is 57.2 cm³/mol. The lowest BCUT2D eigenvalue weighted by Gasteiger charge is -2.21. The molecule has 1 aromatic rings. The number of hydrogen-bond donors (Lipinski definition) is 1. The van der Waals surface area contributed by atoms with Gasteiger partial charge in [-0.1, -0.05) is 19.3 Å². The lowest BCUT2D eigenvalue weighted by atomic mass is 9.86. The van der Waals surface area contributed by atoms with Gasteiger partial charge in [-0.05, 0) is 19.8 Å². The van der Waals surface area contributed by atoms with Gasteiger partial charge in [-0.25, -0.2) is 4.79 Å². The maximum atomic E-state index is 11.2. The Kier molecular flexibility index (Phi) is 2.80. The van der Waals surface area contributed by atoms with Gasteiger partial charge in [0.2, 0.25) is 0 Å². The Morgan fingerprint density at radius 2 is 2.00 bits per heavy atom. The van der Waals surface area contributed by atoms with Gasteiger partial charge in [-0.2, -0.15) is 0 Å². The van der Waals surface area contributed by atoms with Crippen LogP contribution in [0.2, 0.25) is 0 Å². The van der Waals surface area contributed by atoms with Crippen molar-refractivity contribution in [2.24, 2.45) is 0 Å². The van der Waals surface area contributed by atoms with Crippen molar-refractivity contribution in [3.8, 4) is 5.75 Å². The lowest BCUT2D eigenvalue weighted by molar-refractivity contribution is 0.343. The monoisotopic (exact) mass is 208 g/mol. The largest absolute Gasteiger partial charge is 0.507 e. The second-order valence-corrected chi connectivity index (χ2v) is 4.27. The fourth-order valence-corrected chi connectivity index (χ4v) is 2.31. The Morgan fingerprint density at radius 1 is 1.33 bits per heavy atom. The molecule has 1 saturated carbocycles. The minimum absolute atomic E-state index is 0.0619. The Hall–Kier alpha value is -1.25. The lowest BCUT2D eigenvalue weighted by Crippen LogP contribution is -2.10. The molecule has 2 rings (SSSR count). The molecule has 0 saturated heterocycles. The van der Waals surface area contributed by atoms with Gasteiger partial charge in [0.05, 0.1) is 6.07 Å². The summed E-state index contributed by atoms with van der Waals surface area (Å²) in [5, 5.41) is 9.55. The van der Waals surface area contributed by atoms with Gasteiger partial charge in [-0.15, -0.1) is 0 Å². The van der Waals surface area contributed by atoms with Crippen molar-refractivity contribution in [3.63, 3.8) is 0 Å². The molecule has 15 heavy (non-hydrogen) atoms. The molecular weight excluding hydrogens is 192 g/mol. The first-order valence-electron chi connectivity index (χ1n) is 5.52. The van der Waals surface area contributed by atoms with Crippen molar-refractivity contribution in [1.29, 1.82) is 0 Å². The van der Waals surface area contributed by atoms with E-state index < -0.39 is 5.63 Å². The van der Waals surface area contributed by atoms with E-state index in [9.17, 15) is 9.90 Å². The van der Waals surface area contributed by atoms with Crippen LogP contribution in [0.25, 0.3) is 0 Å². The summed E-state index contributed by atoms with van der Waals surface area (Å²) in [4.78, 5) is 11.2. The van der Waals surface area contributed by atoms with Gasteiger partial charge in [0.1, 0.15) is 11.5 Å². The third-order valence-electron chi connectivity index (χ3n) is 3.19. The second kappa shape index (κ2) is 4.09. The summed E-state index contributed by atoms with van der Waals surface area (Å²) >= 11 is 0. The summed E-state index contributed by atoms with van der Waals surface area (Å²) in [6, 6.07) is 1.14. The van der Waals surface area contributed by atoms with E-state index >= 15 is 0 Å². The van der Waals surface area contributed by atoms with Gasteiger partial charge in [-0.3, -0.25) is 0 Å². The average molecular weight is 208 g/mol. The minimum atomic E-state index is -0.446. The second-order valence-electron chi connectivity index (χ2n) is 4.27. The van der Waals surface area contributed by atoms with Crippen molar-refractivity contribution in [2.75, 3.05) is 0 Å². The highest BCUT2D eigenvalue weighted by atomic mass is 16.4. The van der Waals surface area contributed by atoms with E-state index in [2.05, 4.69) is 0 Å². The molecule has 0 unspecified atom stereocenters. The first-order valence-corrected chi connectivity index (χ1v) is 5.52. The third kappa shape index (κ3) is 2.06. The number of rotatable bonds is 1. The first-order chi connectivity index (χ1) is 7.18. The van der Waals surface area contributed by atoms with Crippen LogP contribution in [0.5, 0.6) is 5.75 Å². The van der Waals surface area contributed by atoms with Crippen molar-refractivity contribution >= 4 is 0 Å². The van der Waals surface area contributed by atoms with Crippen LogP contribution in [0.15, 0.2) is 15.3 Å². The van der Waals surface area contributed by atoms with E-state index in [0.717, 1.165) is 24.5 Å². The normalized spacial score (nSPS) is 17.9. The Bertz CT molecular complexity index is 400. The fourth-order valence-electron chi connectivity index (χ4n) is 2.31. The molecule has 0 amide bonds. The highest BCUT2D eigenvalue weighted by molar-refractivity contribution is 5.33. The molecule has 0 atom stereocenters. The molecule has 0 bridgehead atoms. The molecule has 0 spiro atoms. The summed E-state index contributed by atoms with van der Waals surface area (Å²) in [6.45, 7) is 1.81. The summed E-state index contributed by atoms with van der Waals surface area (Å²) in [5.41, 5.74) is 0.278. The molecule has 0 radical (unpaired) electrons. The molecular formula is C12H16O3. The Morgan fingerprint density at radius 3 is 2.67 bits per heavy atom.